The predicted octanol–water partition coefficient (Wildman–Crippen LogP) is 3.14. The molecule has 0 unspecified atom stereocenters. The van der Waals surface area contributed by atoms with Gasteiger partial charge in [-0.3, -0.25) is 14.7 Å². The molecule has 22 heavy (non-hydrogen) atoms. The van der Waals surface area contributed by atoms with Crippen LogP contribution in [-0.2, 0) is 6.54 Å². The molecule has 1 amide bonds. The van der Waals surface area contributed by atoms with Gasteiger partial charge in [-0.15, -0.1) is 11.3 Å². The highest BCUT2D eigenvalue weighted by atomic mass is 35.5. The van der Waals surface area contributed by atoms with Crippen molar-refractivity contribution >= 4 is 28.8 Å². The molecule has 0 aromatic carbocycles. The van der Waals surface area contributed by atoms with Crippen LogP contribution >= 0.6 is 22.9 Å². The van der Waals surface area contributed by atoms with E-state index >= 15 is 0 Å². The largest absolute Gasteiger partial charge is 0.336 e. The number of halogens is 1. The predicted molar refractivity (Wildman–Crippen MR) is 89.4 cm³/mol. The first-order valence-electron chi connectivity index (χ1n) is 7.38. The summed E-state index contributed by atoms with van der Waals surface area (Å²) >= 11 is 7.73. The first-order chi connectivity index (χ1) is 10.7. The Morgan fingerprint density at radius 3 is 2.95 bits per heavy atom. The summed E-state index contributed by atoms with van der Waals surface area (Å²) in [5.74, 6) is -0.0273. The third kappa shape index (κ3) is 3.85. The van der Waals surface area contributed by atoms with E-state index in [-0.39, 0.29) is 5.91 Å². The van der Waals surface area contributed by atoms with E-state index in [1.54, 1.807) is 29.7 Å². The minimum Gasteiger partial charge on any atom is -0.336 e. The minimum atomic E-state index is -0.0273. The summed E-state index contributed by atoms with van der Waals surface area (Å²) in [5.41, 5.74) is 0.430. The number of nitrogens with zero attached hydrogens (tertiary/aromatic N) is 3. The van der Waals surface area contributed by atoms with E-state index in [1.807, 2.05) is 4.90 Å². The van der Waals surface area contributed by atoms with E-state index in [0.29, 0.717) is 10.7 Å². The maximum absolute atomic E-state index is 12.5. The fourth-order valence-electron chi connectivity index (χ4n) is 2.64. The van der Waals surface area contributed by atoms with Crippen LogP contribution in [0, 0.1) is 0 Å². The molecule has 2 aromatic rings. The van der Waals surface area contributed by atoms with E-state index in [2.05, 4.69) is 27.4 Å². The number of pyridine rings is 1. The highest BCUT2D eigenvalue weighted by molar-refractivity contribution is 7.09. The van der Waals surface area contributed by atoms with Crippen LogP contribution in [0.1, 0.15) is 21.8 Å². The quantitative estimate of drug-likeness (QED) is 0.864. The summed E-state index contributed by atoms with van der Waals surface area (Å²) < 4.78 is 0. The molecule has 3 heterocycles. The number of amides is 1. The van der Waals surface area contributed by atoms with Gasteiger partial charge >= 0.3 is 0 Å². The van der Waals surface area contributed by atoms with Crippen molar-refractivity contribution in [1.29, 1.82) is 0 Å². The van der Waals surface area contributed by atoms with Crippen LogP contribution in [0.4, 0.5) is 0 Å². The zero-order chi connectivity index (χ0) is 15.4. The highest BCUT2D eigenvalue weighted by Crippen LogP contribution is 2.15. The molecule has 0 bridgehead atoms. The van der Waals surface area contributed by atoms with Gasteiger partial charge in [0.15, 0.2) is 0 Å². The fraction of sp³-hybridized carbons (Fsp3) is 0.375. The lowest BCUT2D eigenvalue weighted by atomic mass is 10.3. The van der Waals surface area contributed by atoms with Crippen molar-refractivity contribution in [3.8, 4) is 0 Å². The van der Waals surface area contributed by atoms with Crippen LogP contribution in [0.5, 0.6) is 0 Å². The zero-order valence-corrected chi connectivity index (χ0v) is 13.8. The van der Waals surface area contributed by atoms with Crippen LogP contribution in [0.3, 0.4) is 0 Å². The second-order valence-corrected chi connectivity index (χ2v) is 6.83. The van der Waals surface area contributed by atoms with Gasteiger partial charge in [-0.05, 0) is 30.0 Å². The SMILES string of the molecule is O=C(c1cc(Cl)ccn1)N1CCCN(Cc2cccs2)CC1. The summed E-state index contributed by atoms with van der Waals surface area (Å²) in [6.07, 6.45) is 2.56. The molecule has 1 saturated heterocycles. The van der Waals surface area contributed by atoms with Crippen LogP contribution in [0.25, 0.3) is 0 Å². The van der Waals surface area contributed by atoms with Crippen molar-refractivity contribution < 1.29 is 4.79 Å². The van der Waals surface area contributed by atoms with E-state index in [1.165, 1.54) is 4.88 Å². The van der Waals surface area contributed by atoms with Gasteiger partial charge in [0.1, 0.15) is 5.69 Å². The monoisotopic (exact) mass is 335 g/mol. The van der Waals surface area contributed by atoms with Crippen molar-refractivity contribution in [3.05, 3.63) is 51.4 Å². The average Bonchev–Trinajstić information content (AvgIpc) is 2.91. The Hall–Kier alpha value is -1.43. The minimum absolute atomic E-state index is 0.0273. The van der Waals surface area contributed by atoms with Crippen LogP contribution in [-0.4, -0.2) is 46.9 Å². The Balaban J connectivity index is 1.61. The van der Waals surface area contributed by atoms with Crippen LogP contribution in [0.15, 0.2) is 35.8 Å². The summed E-state index contributed by atoms with van der Waals surface area (Å²) in [5, 5.41) is 2.65. The Kier molecular flexibility index (Phi) is 5.08. The smallest absolute Gasteiger partial charge is 0.272 e. The van der Waals surface area contributed by atoms with Crippen molar-refractivity contribution in [2.24, 2.45) is 0 Å². The molecule has 0 saturated carbocycles. The summed E-state index contributed by atoms with van der Waals surface area (Å²) in [4.78, 5) is 22.3. The molecule has 1 aliphatic rings. The lowest BCUT2D eigenvalue weighted by Gasteiger charge is -2.21. The Labute approximate surface area is 139 Å². The van der Waals surface area contributed by atoms with Gasteiger partial charge in [0, 0.05) is 48.8 Å². The van der Waals surface area contributed by atoms with Gasteiger partial charge in [0.05, 0.1) is 0 Å². The number of rotatable bonds is 3. The Morgan fingerprint density at radius 1 is 1.27 bits per heavy atom. The zero-order valence-electron chi connectivity index (χ0n) is 12.2. The molecule has 116 valence electrons. The van der Waals surface area contributed by atoms with Gasteiger partial charge in [-0.1, -0.05) is 17.7 Å². The molecule has 0 atom stereocenters. The number of thiophene rings is 1. The van der Waals surface area contributed by atoms with Crippen molar-refractivity contribution in [3.63, 3.8) is 0 Å². The molecular formula is C16H18ClN3OS. The molecule has 3 rings (SSSR count). The molecule has 1 aliphatic heterocycles. The van der Waals surface area contributed by atoms with Gasteiger partial charge in [-0.25, -0.2) is 0 Å². The van der Waals surface area contributed by atoms with E-state index in [9.17, 15) is 4.79 Å². The number of carbonyl (C=O) groups excluding carboxylic acids is 1. The second kappa shape index (κ2) is 7.22. The molecule has 0 radical (unpaired) electrons. The van der Waals surface area contributed by atoms with Crippen molar-refractivity contribution in [1.82, 2.24) is 14.8 Å². The molecular weight excluding hydrogens is 318 g/mol. The van der Waals surface area contributed by atoms with Crippen molar-refractivity contribution in [2.75, 3.05) is 26.2 Å². The molecule has 0 aliphatic carbocycles. The Morgan fingerprint density at radius 2 is 2.18 bits per heavy atom. The maximum Gasteiger partial charge on any atom is 0.272 e. The van der Waals surface area contributed by atoms with Gasteiger partial charge in [0.25, 0.3) is 5.91 Å². The first kappa shape index (κ1) is 15.5. The molecule has 4 nitrogen and oxygen atoms in total. The van der Waals surface area contributed by atoms with Crippen molar-refractivity contribution in [2.45, 2.75) is 13.0 Å². The standard InChI is InChI=1S/C16H18ClN3OS/c17-13-4-5-18-15(11-13)16(21)20-7-2-6-19(8-9-20)12-14-3-1-10-22-14/h1,3-5,10-11H,2,6-9,12H2. The molecule has 1 fully saturated rings. The van der Waals surface area contributed by atoms with Crippen LogP contribution in [0.2, 0.25) is 5.02 Å². The van der Waals surface area contributed by atoms with Gasteiger partial charge in [-0.2, -0.15) is 0 Å². The van der Waals surface area contributed by atoms with Gasteiger partial charge < -0.3 is 4.90 Å². The number of carbonyl (C=O) groups is 1. The number of aromatic nitrogens is 1. The van der Waals surface area contributed by atoms with Crippen LogP contribution < -0.4 is 0 Å². The normalized spacial score (nSPS) is 16.5. The second-order valence-electron chi connectivity index (χ2n) is 5.36. The summed E-state index contributed by atoms with van der Waals surface area (Å²) in [6.45, 7) is 4.39. The lowest BCUT2D eigenvalue weighted by Crippen LogP contribution is -2.35. The average molecular weight is 336 g/mol. The summed E-state index contributed by atoms with van der Waals surface area (Å²) in [6, 6.07) is 7.56. The topological polar surface area (TPSA) is 36.4 Å². The molecule has 0 N–H and O–H groups in total. The Bertz CT molecular complexity index is 632. The van der Waals surface area contributed by atoms with E-state index in [0.717, 1.165) is 39.1 Å². The molecule has 2 aromatic heterocycles. The third-order valence-electron chi connectivity index (χ3n) is 3.78. The maximum atomic E-state index is 12.5. The lowest BCUT2D eigenvalue weighted by molar-refractivity contribution is 0.0755. The number of hydrogen-bond acceptors (Lipinski definition) is 4. The molecule has 6 heteroatoms. The number of hydrogen-bond donors (Lipinski definition) is 0. The third-order valence-corrected chi connectivity index (χ3v) is 4.87. The fourth-order valence-corrected chi connectivity index (χ4v) is 3.54. The van der Waals surface area contributed by atoms with E-state index < -0.39 is 0 Å². The summed E-state index contributed by atoms with van der Waals surface area (Å²) in [7, 11) is 0. The highest BCUT2D eigenvalue weighted by Gasteiger charge is 2.21. The van der Waals surface area contributed by atoms with E-state index in [4.69, 9.17) is 11.6 Å². The first-order valence-corrected chi connectivity index (χ1v) is 8.64. The van der Waals surface area contributed by atoms with Gasteiger partial charge in [0.2, 0.25) is 0 Å². The molecule has 0 spiro atoms.